The number of carbonyl (C=O) groups excluding carboxylic acids is 2. The van der Waals surface area contributed by atoms with Crippen LogP contribution in [0.3, 0.4) is 0 Å². The largest absolute Gasteiger partial charge is 0.468 e. The Kier molecular flexibility index (Phi) is 7.12. The molecule has 1 amide bonds. The van der Waals surface area contributed by atoms with E-state index < -0.39 is 5.97 Å². The van der Waals surface area contributed by atoms with Crippen LogP contribution in [0.4, 0.5) is 0 Å². The van der Waals surface area contributed by atoms with Crippen molar-refractivity contribution in [3.05, 3.63) is 58.6 Å². The van der Waals surface area contributed by atoms with Gasteiger partial charge < -0.3 is 10.1 Å². The van der Waals surface area contributed by atoms with E-state index in [-0.39, 0.29) is 18.2 Å². The summed E-state index contributed by atoms with van der Waals surface area (Å²) in [4.78, 5) is 23.3. The minimum Gasteiger partial charge on any atom is -0.468 e. The first kappa shape index (κ1) is 21.9. The molecule has 3 aromatic rings. The van der Waals surface area contributed by atoms with Crippen molar-refractivity contribution in [1.29, 1.82) is 0 Å². The van der Waals surface area contributed by atoms with Crippen LogP contribution in [0.2, 0.25) is 5.02 Å². The molecule has 1 heterocycles. The fourth-order valence-electron chi connectivity index (χ4n) is 2.78. The molecule has 2 aromatic carbocycles. The van der Waals surface area contributed by atoms with Crippen molar-refractivity contribution in [1.82, 2.24) is 20.1 Å². The van der Waals surface area contributed by atoms with E-state index in [0.29, 0.717) is 16.0 Å². The molecule has 9 heteroatoms. The fraction of sp³-hybridized carbons (Fsp3) is 0.238. The number of halogens is 1. The Bertz CT molecular complexity index is 1080. The summed E-state index contributed by atoms with van der Waals surface area (Å²) >= 11 is 7.64. The lowest BCUT2D eigenvalue weighted by molar-refractivity contribution is -0.140. The fourth-order valence-corrected chi connectivity index (χ4v) is 3.78. The molecule has 0 saturated carbocycles. The second-order valence-electron chi connectivity index (χ2n) is 6.55. The van der Waals surface area contributed by atoms with Crippen LogP contribution in [0, 0.1) is 13.8 Å². The van der Waals surface area contributed by atoms with Crippen molar-refractivity contribution in [3.63, 3.8) is 0 Å². The van der Waals surface area contributed by atoms with Gasteiger partial charge in [0, 0.05) is 5.56 Å². The monoisotopic (exact) mass is 444 g/mol. The average Bonchev–Trinajstić information content (AvgIpc) is 3.15. The van der Waals surface area contributed by atoms with Crippen molar-refractivity contribution < 1.29 is 14.3 Å². The molecule has 1 aromatic heterocycles. The number of rotatable bonds is 7. The van der Waals surface area contributed by atoms with Crippen molar-refractivity contribution in [2.24, 2.45) is 0 Å². The Hall–Kier alpha value is -2.84. The molecule has 0 saturated heterocycles. The zero-order valence-corrected chi connectivity index (χ0v) is 18.4. The summed E-state index contributed by atoms with van der Waals surface area (Å²) in [5, 5.41) is 12.3. The number of aryl methyl sites for hydroxylation is 2. The van der Waals surface area contributed by atoms with Crippen LogP contribution in [0.1, 0.15) is 11.1 Å². The van der Waals surface area contributed by atoms with Crippen LogP contribution in [0.25, 0.3) is 17.1 Å². The molecule has 3 rings (SSSR count). The smallest absolute Gasteiger partial charge is 0.325 e. The molecule has 30 heavy (non-hydrogen) atoms. The summed E-state index contributed by atoms with van der Waals surface area (Å²) in [5.41, 5.74) is 3.77. The standard InChI is InChI=1S/C21H21ClN4O3S/c1-13-8-9-14(2)17(10-13)26-20(15-6-4-5-7-16(15)22)24-25-21(26)30-12-18(27)23-11-19(28)29-3/h4-10H,11-12H2,1-3H3,(H,23,27). The van der Waals surface area contributed by atoms with E-state index >= 15 is 0 Å². The summed E-state index contributed by atoms with van der Waals surface area (Å²) in [6, 6.07) is 13.5. The summed E-state index contributed by atoms with van der Waals surface area (Å²) in [5.74, 6) is -0.150. The van der Waals surface area contributed by atoms with Gasteiger partial charge in [-0.3, -0.25) is 14.2 Å². The summed E-state index contributed by atoms with van der Waals surface area (Å²) < 4.78 is 6.43. The van der Waals surface area contributed by atoms with E-state index in [9.17, 15) is 9.59 Å². The van der Waals surface area contributed by atoms with Gasteiger partial charge in [-0.15, -0.1) is 10.2 Å². The number of hydrogen-bond acceptors (Lipinski definition) is 6. The Morgan fingerprint density at radius 2 is 1.93 bits per heavy atom. The zero-order chi connectivity index (χ0) is 21.7. The molecule has 0 aliphatic rings. The van der Waals surface area contributed by atoms with Crippen LogP contribution in [0.5, 0.6) is 0 Å². The number of thioether (sulfide) groups is 1. The Balaban J connectivity index is 1.96. The molecule has 0 radical (unpaired) electrons. The Morgan fingerprint density at radius 3 is 2.67 bits per heavy atom. The van der Waals surface area contributed by atoms with Crippen molar-refractivity contribution in [2.75, 3.05) is 19.4 Å². The number of benzene rings is 2. The minimum absolute atomic E-state index is 0.0719. The van der Waals surface area contributed by atoms with Crippen molar-refractivity contribution in [2.45, 2.75) is 19.0 Å². The zero-order valence-electron chi connectivity index (χ0n) is 16.8. The molecule has 0 aliphatic carbocycles. The highest BCUT2D eigenvalue weighted by Gasteiger charge is 2.20. The van der Waals surface area contributed by atoms with Crippen LogP contribution < -0.4 is 5.32 Å². The van der Waals surface area contributed by atoms with Crippen molar-refractivity contribution >= 4 is 35.2 Å². The number of amides is 1. The lowest BCUT2D eigenvalue weighted by Crippen LogP contribution is -2.31. The molecule has 0 spiro atoms. The molecule has 156 valence electrons. The summed E-state index contributed by atoms with van der Waals surface area (Å²) in [6.45, 7) is 3.84. The van der Waals surface area contributed by atoms with Crippen LogP contribution in [-0.2, 0) is 14.3 Å². The normalized spacial score (nSPS) is 10.7. The molecular formula is C21H21ClN4O3S. The number of methoxy groups -OCH3 is 1. The molecule has 0 unspecified atom stereocenters. The third-order valence-corrected chi connectivity index (χ3v) is 5.60. The van der Waals surface area contributed by atoms with E-state index in [1.165, 1.54) is 18.9 Å². The molecular weight excluding hydrogens is 424 g/mol. The van der Waals surface area contributed by atoms with Gasteiger partial charge in [-0.1, -0.05) is 47.6 Å². The number of hydrogen-bond donors (Lipinski definition) is 1. The Morgan fingerprint density at radius 1 is 1.17 bits per heavy atom. The number of carbonyl (C=O) groups is 2. The number of nitrogens with zero attached hydrogens (tertiary/aromatic N) is 3. The third kappa shape index (κ3) is 5.01. The molecule has 7 nitrogen and oxygen atoms in total. The van der Waals surface area contributed by atoms with Gasteiger partial charge in [-0.2, -0.15) is 0 Å². The maximum Gasteiger partial charge on any atom is 0.325 e. The second kappa shape index (κ2) is 9.77. The van der Waals surface area contributed by atoms with Gasteiger partial charge in [0.2, 0.25) is 5.91 Å². The lowest BCUT2D eigenvalue weighted by atomic mass is 10.1. The maximum atomic E-state index is 12.1. The number of aromatic nitrogens is 3. The van der Waals surface area contributed by atoms with Crippen LogP contribution in [-0.4, -0.2) is 46.0 Å². The summed E-state index contributed by atoms with van der Waals surface area (Å²) in [7, 11) is 1.27. The molecule has 0 atom stereocenters. The van der Waals surface area contributed by atoms with E-state index in [0.717, 1.165) is 22.4 Å². The number of nitrogens with one attached hydrogen (secondary N) is 1. The van der Waals surface area contributed by atoms with Gasteiger partial charge >= 0.3 is 5.97 Å². The highest BCUT2D eigenvalue weighted by Crippen LogP contribution is 2.33. The van der Waals surface area contributed by atoms with E-state index in [1.807, 2.05) is 54.8 Å². The highest BCUT2D eigenvalue weighted by molar-refractivity contribution is 7.99. The summed E-state index contributed by atoms with van der Waals surface area (Å²) in [6.07, 6.45) is 0. The van der Waals surface area contributed by atoms with E-state index in [2.05, 4.69) is 20.3 Å². The number of esters is 1. The molecule has 0 bridgehead atoms. The average molecular weight is 445 g/mol. The predicted molar refractivity (Wildman–Crippen MR) is 117 cm³/mol. The SMILES string of the molecule is COC(=O)CNC(=O)CSc1nnc(-c2ccccc2Cl)n1-c1cc(C)ccc1C. The lowest BCUT2D eigenvalue weighted by Gasteiger charge is -2.14. The highest BCUT2D eigenvalue weighted by atomic mass is 35.5. The minimum atomic E-state index is -0.507. The Labute approximate surface area is 183 Å². The van der Waals surface area contributed by atoms with Crippen molar-refractivity contribution in [3.8, 4) is 17.1 Å². The van der Waals surface area contributed by atoms with Gasteiger partial charge in [0.1, 0.15) is 6.54 Å². The van der Waals surface area contributed by atoms with Gasteiger partial charge in [-0.05, 0) is 43.2 Å². The molecule has 1 N–H and O–H groups in total. The van der Waals surface area contributed by atoms with Crippen LogP contribution in [0.15, 0.2) is 47.6 Å². The predicted octanol–water partition coefficient (Wildman–Crippen LogP) is 3.59. The molecule has 0 fully saturated rings. The second-order valence-corrected chi connectivity index (χ2v) is 7.90. The van der Waals surface area contributed by atoms with E-state index in [4.69, 9.17) is 11.6 Å². The molecule has 0 aliphatic heterocycles. The third-order valence-electron chi connectivity index (χ3n) is 4.34. The number of ether oxygens (including phenoxy) is 1. The van der Waals surface area contributed by atoms with Gasteiger partial charge in [0.15, 0.2) is 11.0 Å². The first-order valence-electron chi connectivity index (χ1n) is 9.15. The van der Waals surface area contributed by atoms with Gasteiger partial charge in [0.25, 0.3) is 0 Å². The van der Waals surface area contributed by atoms with Gasteiger partial charge in [0.05, 0.1) is 23.6 Å². The maximum absolute atomic E-state index is 12.1. The van der Waals surface area contributed by atoms with Crippen LogP contribution >= 0.6 is 23.4 Å². The first-order valence-corrected chi connectivity index (χ1v) is 10.5. The van der Waals surface area contributed by atoms with E-state index in [1.54, 1.807) is 6.07 Å². The topological polar surface area (TPSA) is 86.1 Å². The quantitative estimate of drug-likeness (QED) is 0.442. The first-order chi connectivity index (χ1) is 14.4. The van der Waals surface area contributed by atoms with Gasteiger partial charge in [-0.25, -0.2) is 0 Å².